The summed E-state index contributed by atoms with van der Waals surface area (Å²) < 4.78 is 11.4. The SMILES string of the molecule is Cc1cccc(OCC(O)CO)c1OCc1ccccc1. The van der Waals surface area contributed by atoms with Gasteiger partial charge in [0.1, 0.15) is 19.3 Å². The molecule has 4 heteroatoms. The Morgan fingerprint density at radius 1 is 1.00 bits per heavy atom. The predicted octanol–water partition coefficient (Wildman–Crippen LogP) is 2.31. The highest BCUT2D eigenvalue weighted by Crippen LogP contribution is 2.31. The number of para-hydroxylation sites is 1. The molecule has 4 nitrogen and oxygen atoms in total. The van der Waals surface area contributed by atoms with Crippen LogP contribution in [0.25, 0.3) is 0 Å². The molecule has 0 aliphatic carbocycles. The van der Waals surface area contributed by atoms with Gasteiger partial charge in [-0.15, -0.1) is 0 Å². The molecule has 112 valence electrons. The first-order chi connectivity index (χ1) is 10.2. The molecule has 2 aromatic carbocycles. The van der Waals surface area contributed by atoms with E-state index >= 15 is 0 Å². The van der Waals surface area contributed by atoms with Crippen LogP contribution < -0.4 is 9.47 Å². The monoisotopic (exact) mass is 288 g/mol. The summed E-state index contributed by atoms with van der Waals surface area (Å²) in [6.07, 6.45) is -0.896. The number of hydrogen-bond acceptors (Lipinski definition) is 4. The van der Waals surface area contributed by atoms with E-state index in [4.69, 9.17) is 14.6 Å². The lowest BCUT2D eigenvalue weighted by Crippen LogP contribution is -2.21. The predicted molar refractivity (Wildman–Crippen MR) is 80.5 cm³/mol. The van der Waals surface area contributed by atoms with E-state index in [0.29, 0.717) is 18.1 Å². The van der Waals surface area contributed by atoms with Crippen LogP contribution in [0.5, 0.6) is 11.5 Å². The summed E-state index contributed by atoms with van der Waals surface area (Å²) in [6, 6.07) is 15.5. The molecule has 1 atom stereocenters. The number of hydrogen-bond donors (Lipinski definition) is 2. The average molecular weight is 288 g/mol. The van der Waals surface area contributed by atoms with Gasteiger partial charge in [-0.1, -0.05) is 42.5 Å². The van der Waals surface area contributed by atoms with E-state index in [2.05, 4.69) is 0 Å². The van der Waals surface area contributed by atoms with Crippen molar-refractivity contribution in [3.63, 3.8) is 0 Å². The molecule has 0 bridgehead atoms. The molecule has 0 heterocycles. The van der Waals surface area contributed by atoms with Crippen LogP contribution in [0.3, 0.4) is 0 Å². The Kier molecular flexibility index (Phi) is 5.60. The first kappa shape index (κ1) is 15.4. The molecule has 0 aliphatic heterocycles. The standard InChI is InChI=1S/C17H20O4/c1-13-6-5-9-16(20-12-15(19)10-18)17(13)21-11-14-7-3-2-4-8-14/h2-9,15,18-19H,10-12H2,1H3. The minimum absolute atomic E-state index is 0.0294. The Morgan fingerprint density at radius 3 is 2.48 bits per heavy atom. The fraction of sp³-hybridized carbons (Fsp3) is 0.294. The van der Waals surface area contributed by atoms with Crippen molar-refractivity contribution >= 4 is 0 Å². The van der Waals surface area contributed by atoms with Crippen LogP contribution in [0.15, 0.2) is 48.5 Å². The molecule has 0 fully saturated rings. The van der Waals surface area contributed by atoms with E-state index in [0.717, 1.165) is 11.1 Å². The van der Waals surface area contributed by atoms with Gasteiger partial charge >= 0.3 is 0 Å². The van der Waals surface area contributed by atoms with E-state index in [1.54, 1.807) is 6.07 Å². The Bertz CT molecular complexity index is 554. The summed E-state index contributed by atoms with van der Waals surface area (Å²) in [5, 5.41) is 18.2. The van der Waals surface area contributed by atoms with Gasteiger partial charge in [-0.25, -0.2) is 0 Å². The minimum atomic E-state index is -0.896. The van der Waals surface area contributed by atoms with Crippen LogP contribution in [0.1, 0.15) is 11.1 Å². The number of aliphatic hydroxyl groups is 2. The van der Waals surface area contributed by atoms with Gasteiger partial charge in [-0.2, -0.15) is 0 Å². The quantitative estimate of drug-likeness (QED) is 0.821. The summed E-state index contributed by atoms with van der Waals surface area (Å²) >= 11 is 0. The van der Waals surface area contributed by atoms with Gasteiger partial charge < -0.3 is 19.7 Å². The molecular weight excluding hydrogens is 268 g/mol. The topological polar surface area (TPSA) is 58.9 Å². The third-order valence-corrected chi connectivity index (χ3v) is 3.04. The van der Waals surface area contributed by atoms with Crippen LogP contribution in [-0.4, -0.2) is 29.5 Å². The highest BCUT2D eigenvalue weighted by Gasteiger charge is 2.11. The summed E-state index contributed by atoms with van der Waals surface area (Å²) in [7, 11) is 0. The van der Waals surface area contributed by atoms with Gasteiger partial charge in [-0.05, 0) is 24.1 Å². The fourth-order valence-corrected chi connectivity index (χ4v) is 1.89. The van der Waals surface area contributed by atoms with Gasteiger partial charge in [0, 0.05) is 0 Å². The van der Waals surface area contributed by atoms with Crippen LogP contribution in [0.4, 0.5) is 0 Å². The van der Waals surface area contributed by atoms with Gasteiger partial charge in [0.05, 0.1) is 6.61 Å². The van der Waals surface area contributed by atoms with Gasteiger partial charge in [0.15, 0.2) is 11.5 Å². The molecule has 0 amide bonds. The van der Waals surface area contributed by atoms with E-state index in [-0.39, 0.29) is 13.2 Å². The fourth-order valence-electron chi connectivity index (χ4n) is 1.89. The van der Waals surface area contributed by atoms with Crippen molar-refractivity contribution in [2.24, 2.45) is 0 Å². The smallest absolute Gasteiger partial charge is 0.164 e. The van der Waals surface area contributed by atoms with E-state index in [1.165, 1.54) is 0 Å². The molecule has 2 rings (SSSR count). The lowest BCUT2D eigenvalue weighted by Gasteiger charge is -2.16. The summed E-state index contributed by atoms with van der Waals surface area (Å²) in [6.45, 7) is 2.09. The zero-order valence-corrected chi connectivity index (χ0v) is 12.0. The first-order valence-electron chi connectivity index (χ1n) is 6.88. The molecule has 1 unspecified atom stereocenters. The highest BCUT2D eigenvalue weighted by molar-refractivity contribution is 5.46. The van der Waals surface area contributed by atoms with Crippen molar-refractivity contribution in [1.29, 1.82) is 0 Å². The molecule has 0 aliphatic rings. The van der Waals surface area contributed by atoms with Crippen LogP contribution in [0.2, 0.25) is 0 Å². The Hall–Kier alpha value is -2.04. The third kappa shape index (κ3) is 4.48. The molecule has 2 N–H and O–H groups in total. The lowest BCUT2D eigenvalue weighted by molar-refractivity contribution is 0.0523. The maximum atomic E-state index is 9.37. The second-order valence-electron chi connectivity index (χ2n) is 4.82. The van der Waals surface area contributed by atoms with Crippen molar-refractivity contribution in [3.05, 3.63) is 59.7 Å². The van der Waals surface area contributed by atoms with Crippen LogP contribution in [0, 0.1) is 6.92 Å². The van der Waals surface area contributed by atoms with Crippen molar-refractivity contribution in [2.75, 3.05) is 13.2 Å². The molecule has 21 heavy (non-hydrogen) atoms. The second kappa shape index (κ2) is 7.67. The van der Waals surface area contributed by atoms with Gasteiger partial charge in [-0.3, -0.25) is 0 Å². The van der Waals surface area contributed by atoms with E-state index < -0.39 is 6.10 Å². The Labute approximate surface area is 124 Å². The Balaban J connectivity index is 2.06. The average Bonchev–Trinajstić information content (AvgIpc) is 2.52. The summed E-state index contributed by atoms with van der Waals surface area (Å²) in [4.78, 5) is 0. The van der Waals surface area contributed by atoms with Gasteiger partial charge in [0.25, 0.3) is 0 Å². The number of aryl methyl sites for hydroxylation is 1. The van der Waals surface area contributed by atoms with Crippen molar-refractivity contribution in [1.82, 2.24) is 0 Å². The first-order valence-corrected chi connectivity index (χ1v) is 6.88. The minimum Gasteiger partial charge on any atom is -0.487 e. The second-order valence-corrected chi connectivity index (χ2v) is 4.82. The third-order valence-electron chi connectivity index (χ3n) is 3.04. The largest absolute Gasteiger partial charge is 0.487 e. The normalized spacial score (nSPS) is 12.0. The molecule has 0 aromatic heterocycles. The number of ether oxygens (including phenoxy) is 2. The van der Waals surface area contributed by atoms with Gasteiger partial charge in [0.2, 0.25) is 0 Å². The van der Waals surface area contributed by atoms with Crippen molar-refractivity contribution in [2.45, 2.75) is 19.6 Å². The van der Waals surface area contributed by atoms with Crippen molar-refractivity contribution in [3.8, 4) is 11.5 Å². The molecule has 0 radical (unpaired) electrons. The lowest BCUT2D eigenvalue weighted by atomic mass is 10.2. The zero-order valence-electron chi connectivity index (χ0n) is 12.0. The molecule has 0 saturated heterocycles. The summed E-state index contributed by atoms with van der Waals surface area (Å²) in [5.41, 5.74) is 2.03. The summed E-state index contributed by atoms with van der Waals surface area (Å²) in [5.74, 6) is 1.23. The number of benzene rings is 2. The maximum absolute atomic E-state index is 9.37. The molecule has 0 spiro atoms. The van der Waals surface area contributed by atoms with Crippen LogP contribution >= 0.6 is 0 Å². The zero-order chi connectivity index (χ0) is 15.1. The number of rotatable bonds is 7. The van der Waals surface area contributed by atoms with E-state index in [9.17, 15) is 5.11 Å². The maximum Gasteiger partial charge on any atom is 0.164 e. The Morgan fingerprint density at radius 2 is 1.76 bits per heavy atom. The van der Waals surface area contributed by atoms with Crippen molar-refractivity contribution < 1.29 is 19.7 Å². The molecule has 2 aromatic rings. The molecular formula is C17H20O4. The number of aliphatic hydroxyl groups excluding tert-OH is 2. The highest BCUT2D eigenvalue weighted by atomic mass is 16.5. The van der Waals surface area contributed by atoms with Crippen LogP contribution in [-0.2, 0) is 6.61 Å². The molecule has 0 saturated carbocycles. The van der Waals surface area contributed by atoms with E-state index in [1.807, 2.05) is 49.4 Å².